The standard InChI is InChI=1S/C14H12N2O3/c17-13-11-9-6-7-10(19-9)12(11)14(18)16(13)15-8-4-2-1-3-5-8/h1-7,9-12,15H. The van der Waals surface area contributed by atoms with Crippen molar-refractivity contribution in [3.63, 3.8) is 0 Å². The molecule has 0 aliphatic carbocycles. The Morgan fingerprint density at radius 2 is 1.53 bits per heavy atom. The van der Waals surface area contributed by atoms with Crippen LogP contribution in [0.5, 0.6) is 0 Å². The summed E-state index contributed by atoms with van der Waals surface area (Å²) >= 11 is 0. The van der Waals surface area contributed by atoms with E-state index in [1.165, 1.54) is 0 Å². The maximum Gasteiger partial charge on any atom is 0.255 e. The van der Waals surface area contributed by atoms with Gasteiger partial charge in [-0.2, -0.15) is 5.01 Å². The molecule has 1 aromatic rings. The number of nitrogens with one attached hydrogen (secondary N) is 1. The van der Waals surface area contributed by atoms with Crippen LogP contribution in [0.15, 0.2) is 42.5 Å². The topological polar surface area (TPSA) is 58.6 Å². The first-order valence-electron chi connectivity index (χ1n) is 6.29. The molecule has 2 fully saturated rings. The lowest BCUT2D eigenvalue weighted by Gasteiger charge is -2.19. The second kappa shape index (κ2) is 3.68. The van der Waals surface area contributed by atoms with Crippen molar-refractivity contribution in [1.29, 1.82) is 0 Å². The minimum atomic E-state index is -0.362. The van der Waals surface area contributed by atoms with Gasteiger partial charge in [-0.3, -0.25) is 15.0 Å². The van der Waals surface area contributed by atoms with Crippen molar-refractivity contribution in [3.05, 3.63) is 42.5 Å². The molecule has 96 valence electrons. The number of hydrogen-bond acceptors (Lipinski definition) is 4. The molecule has 2 amide bonds. The van der Waals surface area contributed by atoms with Gasteiger partial charge in [0.1, 0.15) is 0 Å². The van der Waals surface area contributed by atoms with Gasteiger partial charge in [0.2, 0.25) is 0 Å². The zero-order chi connectivity index (χ0) is 13.0. The van der Waals surface area contributed by atoms with Gasteiger partial charge in [-0.15, -0.1) is 0 Å². The molecular weight excluding hydrogens is 244 g/mol. The number of amides is 2. The third-order valence-electron chi connectivity index (χ3n) is 3.93. The monoisotopic (exact) mass is 256 g/mol. The molecule has 1 aromatic carbocycles. The molecule has 3 aliphatic rings. The van der Waals surface area contributed by atoms with Crippen LogP contribution in [0.3, 0.4) is 0 Å². The van der Waals surface area contributed by atoms with Gasteiger partial charge in [0.05, 0.1) is 29.7 Å². The van der Waals surface area contributed by atoms with Crippen molar-refractivity contribution in [2.24, 2.45) is 11.8 Å². The van der Waals surface area contributed by atoms with Gasteiger partial charge in [0.15, 0.2) is 0 Å². The smallest absolute Gasteiger partial charge is 0.255 e. The maximum atomic E-state index is 12.3. The van der Waals surface area contributed by atoms with Crippen LogP contribution in [-0.4, -0.2) is 29.0 Å². The Kier molecular flexibility index (Phi) is 2.08. The average molecular weight is 256 g/mol. The van der Waals surface area contributed by atoms with E-state index in [4.69, 9.17) is 4.74 Å². The SMILES string of the molecule is O=C1C2C3C=CC(O3)C2C(=O)N1Nc1ccccc1. The Labute approximate surface area is 109 Å². The van der Waals surface area contributed by atoms with Crippen molar-refractivity contribution in [2.75, 3.05) is 5.43 Å². The Morgan fingerprint density at radius 3 is 2.11 bits per heavy atom. The number of hydrazine groups is 1. The van der Waals surface area contributed by atoms with Crippen LogP contribution >= 0.6 is 0 Å². The molecule has 2 bridgehead atoms. The summed E-state index contributed by atoms with van der Waals surface area (Å²) in [6.07, 6.45) is 3.27. The summed E-state index contributed by atoms with van der Waals surface area (Å²) in [5.41, 5.74) is 3.62. The molecule has 19 heavy (non-hydrogen) atoms. The Bertz CT molecular complexity index is 554. The minimum Gasteiger partial charge on any atom is -0.365 e. The van der Waals surface area contributed by atoms with E-state index in [-0.39, 0.29) is 35.9 Å². The summed E-state index contributed by atoms with van der Waals surface area (Å²) in [4.78, 5) is 24.6. The summed E-state index contributed by atoms with van der Waals surface area (Å²) in [6, 6.07) is 9.21. The highest BCUT2D eigenvalue weighted by molar-refractivity contribution is 6.07. The second-order valence-corrected chi connectivity index (χ2v) is 4.99. The number of carbonyl (C=O) groups is 2. The van der Waals surface area contributed by atoms with Crippen molar-refractivity contribution < 1.29 is 14.3 Å². The first-order valence-corrected chi connectivity index (χ1v) is 6.29. The van der Waals surface area contributed by atoms with Crippen LogP contribution in [0.2, 0.25) is 0 Å². The fourth-order valence-corrected chi connectivity index (χ4v) is 3.06. The van der Waals surface area contributed by atoms with Gasteiger partial charge in [0, 0.05) is 0 Å². The van der Waals surface area contributed by atoms with E-state index < -0.39 is 0 Å². The lowest BCUT2D eigenvalue weighted by Crippen LogP contribution is -2.38. The van der Waals surface area contributed by atoms with Crippen molar-refractivity contribution in [3.8, 4) is 0 Å². The van der Waals surface area contributed by atoms with Crippen molar-refractivity contribution >= 4 is 17.5 Å². The summed E-state index contributed by atoms with van der Waals surface area (Å²) < 4.78 is 5.57. The summed E-state index contributed by atoms with van der Waals surface area (Å²) in [6.45, 7) is 0. The molecule has 3 heterocycles. The number of anilines is 1. The molecule has 5 nitrogen and oxygen atoms in total. The lowest BCUT2D eigenvalue weighted by molar-refractivity contribution is -0.140. The van der Waals surface area contributed by atoms with Gasteiger partial charge in [-0.05, 0) is 12.1 Å². The van der Waals surface area contributed by atoms with E-state index in [1.54, 1.807) is 0 Å². The third-order valence-corrected chi connectivity index (χ3v) is 3.93. The predicted molar refractivity (Wildman–Crippen MR) is 66.7 cm³/mol. The molecule has 5 heteroatoms. The average Bonchev–Trinajstić information content (AvgIpc) is 3.10. The zero-order valence-electron chi connectivity index (χ0n) is 10.0. The Balaban J connectivity index is 1.62. The molecule has 3 aliphatic heterocycles. The zero-order valence-corrected chi connectivity index (χ0v) is 10.0. The highest BCUT2D eigenvalue weighted by Gasteiger charge is 2.61. The normalized spacial score (nSPS) is 35.1. The first-order chi connectivity index (χ1) is 9.25. The molecule has 4 atom stereocenters. The summed E-state index contributed by atoms with van der Waals surface area (Å²) in [5, 5.41) is 1.14. The second-order valence-electron chi connectivity index (χ2n) is 4.99. The van der Waals surface area contributed by atoms with Crippen molar-refractivity contribution in [2.45, 2.75) is 12.2 Å². The number of para-hydroxylation sites is 1. The van der Waals surface area contributed by atoms with Gasteiger partial charge < -0.3 is 4.74 Å². The van der Waals surface area contributed by atoms with Gasteiger partial charge in [-0.1, -0.05) is 30.4 Å². The number of ether oxygens (including phenoxy) is 1. The van der Waals surface area contributed by atoms with Crippen LogP contribution in [-0.2, 0) is 14.3 Å². The van der Waals surface area contributed by atoms with E-state index in [0.29, 0.717) is 0 Å². The summed E-state index contributed by atoms with van der Waals surface area (Å²) in [5.74, 6) is -1.12. The number of carbonyl (C=O) groups excluding carboxylic acids is 2. The van der Waals surface area contributed by atoms with Crippen LogP contribution in [0.1, 0.15) is 0 Å². The van der Waals surface area contributed by atoms with E-state index in [9.17, 15) is 9.59 Å². The fourth-order valence-electron chi connectivity index (χ4n) is 3.06. The number of hydrogen-bond donors (Lipinski definition) is 1. The largest absolute Gasteiger partial charge is 0.365 e. The number of fused-ring (bicyclic) bond motifs is 5. The Morgan fingerprint density at radius 1 is 0.947 bits per heavy atom. The highest BCUT2D eigenvalue weighted by Crippen LogP contribution is 2.44. The first kappa shape index (κ1) is 10.8. The molecule has 4 unspecified atom stereocenters. The Hall–Kier alpha value is -2.14. The maximum absolute atomic E-state index is 12.3. The van der Waals surface area contributed by atoms with E-state index >= 15 is 0 Å². The van der Waals surface area contributed by atoms with Gasteiger partial charge >= 0.3 is 0 Å². The lowest BCUT2D eigenvalue weighted by atomic mass is 9.85. The fraction of sp³-hybridized carbons (Fsp3) is 0.286. The molecular formula is C14H12N2O3. The van der Waals surface area contributed by atoms with Crippen LogP contribution in [0, 0.1) is 11.8 Å². The van der Waals surface area contributed by atoms with E-state index in [1.807, 2.05) is 42.5 Å². The predicted octanol–water partition coefficient (Wildman–Crippen LogP) is 0.952. The molecule has 2 saturated heterocycles. The number of rotatable bonds is 2. The molecule has 0 radical (unpaired) electrons. The van der Waals surface area contributed by atoms with Crippen LogP contribution in [0.4, 0.5) is 5.69 Å². The molecule has 0 saturated carbocycles. The minimum absolute atomic E-state index is 0.198. The van der Waals surface area contributed by atoms with E-state index in [2.05, 4.69) is 5.43 Å². The van der Waals surface area contributed by atoms with Gasteiger partial charge in [-0.25, -0.2) is 0 Å². The number of nitrogens with zero attached hydrogens (tertiary/aromatic N) is 1. The van der Waals surface area contributed by atoms with Gasteiger partial charge in [0.25, 0.3) is 11.8 Å². The molecule has 1 N–H and O–H groups in total. The number of imide groups is 1. The quantitative estimate of drug-likeness (QED) is 0.632. The number of benzene rings is 1. The molecule has 0 spiro atoms. The van der Waals surface area contributed by atoms with Crippen molar-refractivity contribution in [1.82, 2.24) is 5.01 Å². The molecule has 0 aromatic heterocycles. The van der Waals surface area contributed by atoms with E-state index in [0.717, 1.165) is 10.7 Å². The van der Waals surface area contributed by atoms with Crippen LogP contribution < -0.4 is 5.43 Å². The highest BCUT2D eigenvalue weighted by atomic mass is 16.5. The third kappa shape index (κ3) is 1.39. The summed E-state index contributed by atoms with van der Waals surface area (Å²) in [7, 11) is 0. The van der Waals surface area contributed by atoms with Crippen LogP contribution in [0.25, 0.3) is 0 Å². The molecule has 4 rings (SSSR count).